The molecule has 0 radical (unpaired) electrons. The second kappa shape index (κ2) is 66.6. The van der Waals surface area contributed by atoms with E-state index in [2.05, 4.69) is 130 Å². The van der Waals surface area contributed by atoms with E-state index >= 15 is 0 Å². The second-order valence-corrected chi connectivity index (χ2v) is 22.0. The van der Waals surface area contributed by atoms with Gasteiger partial charge in [-0.1, -0.05) is 284 Å². The number of hydrogen-bond acceptors (Lipinski definition) is 6. The van der Waals surface area contributed by atoms with E-state index in [1.54, 1.807) is 0 Å². The van der Waals surface area contributed by atoms with Crippen molar-refractivity contribution in [3.63, 3.8) is 0 Å². The van der Waals surface area contributed by atoms with E-state index in [1.807, 2.05) is 0 Å². The van der Waals surface area contributed by atoms with Crippen LogP contribution in [0, 0.1) is 0 Å². The quantitative estimate of drug-likeness (QED) is 0.0261. The van der Waals surface area contributed by atoms with Gasteiger partial charge in [-0.05, 0) is 122 Å². The van der Waals surface area contributed by atoms with Crippen molar-refractivity contribution in [3.8, 4) is 0 Å². The number of ether oxygens (including phenoxy) is 3. The van der Waals surface area contributed by atoms with Crippen molar-refractivity contribution in [2.24, 2.45) is 0 Å². The van der Waals surface area contributed by atoms with Gasteiger partial charge in [-0.3, -0.25) is 14.4 Å². The topological polar surface area (TPSA) is 78.9 Å². The van der Waals surface area contributed by atoms with Crippen LogP contribution in [-0.4, -0.2) is 37.2 Å². The summed E-state index contributed by atoms with van der Waals surface area (Å²) in [6.45, 7) is 6.39. The molecule has 0 fully saturated rings. The van der Waals surface area contributed by atoms with Crippen molar-refractivity contribution in [1.82, 2.24) is 0 Å². The van der Waals surface area contributed by atoms with Crippen molar-refractivity contribution in [3.05, 3.63) is 109 Å². The fourth-order valence-electron chi connectivity index (χ4n) is 9.30. The van der Waals surface area contributed by atoms with Gasteiger partial charge >= 0.3 is 17.9 Å². The number of unbranched alkanes of at least 4 members (excludes halogenated alkanes) is 31. The van der Waals surface area contributed by atoms with Crippen molar-refractivity contribution < 1.29 is 28.6 Å². The maximum atomic E-state index is 12.9. The molecule has 6 nitrogen and oxygen atoms in total. The summed E-state index contributed by atoms with van der Waals surface area (Å²) in [5.41, 5.74) is 0. The van der Waals surface area contributed by atoms with Gasteiger partial charge in [-0.15, -0.1) is 0 Å². The first-order valence-electron chi connectivity index (χ1n) is 33.4. The molecule has 0 N–H and O–H groups in total. The number of carbonyl (C=O) groups excluding carboxylic acids is 3. The van der Waals surface area contributed by atoms with Crippen LogP contribution in [0.5, 0.6) is 0 Å². The molecule has 452 valence electrons. The van der Waals surface area contributed by atoms with Gasteiger partial charge in [0.15, 0.2) is 6.10 Å². The molecule has 1 unspecified atom stereocenters. The van der Waals surface area contributed by atoms with Gasteiger partial charge < -0.3 is 14.2 Å². The highest BCUT2D eigenvalue weighted by molar-refractivity contribution is 5.71. The predicted octanol–water partition coefficient (Wildman–Crippen LogP) is 23.0. The maximum Gasteiger partial charge on any atom is 0.306 e. The number of rotatable bonds is 60. The highest BCUT2D eigenvalue weighted by Gasteiger charge is 2.19. The van der Waals surface area contributed by atoms with E-state index in [-0.39, 0.29) is 31.1 Å². The Balaban J connectivity index is 4.29. The van der Waals surface area contributed by atoms with Crippen molar-refractivity contribution in [2.45, 2.75) is 322 Å². The first-order chi connectivity index (χ1) is 39.0. The third kappa shape index (κ3) is 64.8. The highest BCUT2D eigenvalue weighted by atomic mass is 16.6. The molecule has 0 saturated carbocycles. The van der Waals surface area contributed by atoms with E-state index in [0.29, 0.717) is 19.3 Å². The first kappa shape index (κ1) is 75.1. The molecule has 0 bridgehead atoms. The number of allylic oxidation sites excluding steroid dienone is 18. The normalized spacial score (nSPS) is 12.8. The van der Waals surface area contributed by atoms with Crippen LogP contribution in [0.1, 0.15) is 316 Å². The van der Waals surface area contributed by atoms with Gasteiger partial charge in [0, 0.05) is 19.3 Å². The smallest absolute Gasteiger partial charge is 0.306 e. The second-order valence-electron chi connectivity index (χ2n) is 22.0. The van der Waals surface area contributed by atoms with Crippen molar-refractivity contribution >= 4 is 17.9 Å². The number of esters is 3. The molecule has 79 heavy (non-hydrogen) atoms. The SMILES string of the molecule is CC/C=C\C/C=C\C/C=C\C/C=C\CCCCC(=O)OCC(COC(=O)CCCCCCCCCCCCCCCCCCC/C=C\C/C=C\CCCCCCC)OC(=O)CCCCCCCCC/C=C\C/C=C\C/C=C\CC. The van der Waals surface area contributed by atoms with Crippen molar-refractivity contribution in [1.29, 1.82) is 0 Å². The summed E-state index contributed by atoms with van der Waals surface area (Å²) >= 11 is 0. The molecule has 0 aliphatic carbocycles. The summed E-state index contributed by atoms with van der Waals surface area (Å²) in [6.07, 6.45) is 91.2. The standard InChI is InChI=1S/C73H124O6/c1-4-7-10-13-16-19-22-25-28-30-31-32-33-34-35-36-37-38-39-40-41-43-45-48-51-54-57-60-63-66-72(75)78-69-70(68-77-71(74)65-62-59-56-53-50-47-44-27-24-21-18-15-12-9-6-3)79-73(76)67-64-61-58-55-52-49-46-42-29-26-23-20-17-14-11-8-5-2/h8-9,11-12,17-18,20-22,25-27,29-31,44,50,53,70H,4-7,10,13-16,19,23-24,28,32-43,45-49,51-52,54-69H2,1-3H3/b11-8-,12-9-,20-17-,21-18-,25-22-,29-26-,31-30-,44-27-,53-50-. The van der Waals surface area contributed by atoms with Crippen LogP contribution in [0.2, 0.25) is 0 Å². The molecule has 0 aliphatic heterocycles. The lowest BCUT2D eigenvalue weighted by Gasteiger charge is -2.18. The summed E-state index contributed by atoms with van der Waals surface area (Å²) in [6, 6.07) is 0. The third-order valence-corrected chi connectivity index (χ3v) is 14.2. The molecule has 0 aromatic carbocycles. The van der Waals surface area contributed by atoms with E-state index in [0.717, 1.165) is 116 Å². The Kier molecular flexibility index (Phi) is 63.3. The van der Waals surface area contributed by atoms with Gasteiger partial charge in [-0.2, -0.15) is 0 Å². The average molecular weight is 1100 g/mol. The van der Waals surface area contributed by atoms with Crippen LogP contribution in [-0.2, 0) is 28.6 Å². The van der Waals surface area contributed by atoms with Gasteiger partial charge in [0.2, 0.25) is 0 Å². The van der Waals surface area contributed by atoms with Gasteiger partial charge in [-0.25, -0.2) is 0 Å². The Morgan fingerprint density at radius 2 is 0.494 bits per heavy atom. The molecule has 6 heteroatoms. The summed E-state index contributed by atoms with van der Waals surface area (Å²) in [5.74, 6) is -0.939. The molecule has 0 heterocycles. The third-order valence-electron chi connectivity index (χ3n) is 14.2. The molecule has 0 rings (SSSR count). The lowest BCUT2D eigenvalue weighted by atomic mass is 10.0. The molecule has 0 spiro atoms. The zero-order valence-corrected chi connectivity index (χ0v) is 51.9. The lowest BCUT2D eigenvalue weighted by molar-refractivity contribution is -0.167. The van der Waals surface area contributed by atoms with E-state index in [9.17, 15) is 14.4 Å². The summed E-state index contributed by atoms with van der Waals surface area (Å²) in [4.78, 5) is 38.3. The van der Waals surface area contributed by atoms with Crippen LogP contribution in [0.3, 0.4) is 0 Å². The minimum Gasteiger partial charge on any atom is -0.462 e. The lowest BCUT2D eigenvalue weighted by Crippen LogP contribution is -2.30. The molecule has 1 atom stereocenters. The summed E-state index contributed by atoms with van der Waals surface area (Å²) < 4.78 is 16.9. The Hall–Kier alpha value is -3.93. The Morgan fingerprint density at radius 3 is 0.797 bits per heavy atom. The van der Waals surface area contributed by atoms with Gasteiger partial charge in [0.25, 0.3) is 0 Å². The predicted molar refractivity (Wildman–Crippen MR) is 343 cm³/mol. The van der Waals surface area contributed by atoms with Crippen LogP contribution in [0.15, 0.2) is 109 Å². The van der Waals surface area contributed by atoms with Gasteiger partial charge in [0.05, 0.1) is 0 Å². The molecule has 0 amide bonds. The summed E-state index contributed by atoms with van der Waals surface area (Å²) in [5, 5.41) is 0. The monoisotopic (exact) mass is 1100 g/mol. The Bertz CT molecular complexity index is 1590. The Labute approximate surface area is 489 Å². The maximum absolute atomic E-state index is 12.9. The molecule has 0 saturated heterocycles. The minimum atomic E-state index is -0.803. The summed E-state index contributed by atoms with van der Waals surface area (Å²) in [7, 11) is 0. The fraction of sp³-hybridized carbons (Fsp3) is 0.712. The van der Waals surface area contributed by atoms with Crippen LogP contribution in [0.4, 0.5) is 0 Å². The van der Waals surface area contributed by atoms with E-state index in [1.165, 1.54) is 161 Å². The Morgan fingerprint density at radius 1 is 0.266 bits per heavy atom. The van der Waals surface area contributed by atoms with Crippen LogP contribution < -0.4 is 0 Å². The zero-order chi connectivity index (χ0) is 57.1. The zero-order valence-electron chi connectivity index (χ0n) is 51.9. The fourth-order valence-corrected chi connectivity index (χ4v) is 9.30. The average Bonchev–Trinajstić information content (AvgIpc) is 3.45. The molecular formula is C73H124O6. The van der Waals surface area contributed by atoms with Crippen LogP contribution in [0.25, 0.3) is 0 Å². The molecule has 0 aliphatic rings. The van der Waals surface area contributed by atoms with Crippen LogP contribution >= 0.6 is 0 Å². The van der Waals surface area contributed by atoms with Gasteiger partial charge in [0.1, 0.15) is 13.2 Å². The molecular weight excluding hydrogens is 973 g/mol. The molecule has 0 aromatic rings. The minimum absolute atomic E-state index is 0.0947. The molecule has 0 aromatic heterocycles. The number of hydrogen-bond donors (Lipinski definition) is 0. The highest BCUT2D eigenvalue weighted by Crippen LogP contribution is 2.17. The largest absolute Gasteiger partial charge is 0.462 e. The van der Waals surface area contributed by atoms with Crippen molar-refractivity contribution in [2.75, 3.05) is 13.2 Å². The van der Waals surface area contributed by atoms with E-state index < -0.39 is 6.10 Å². The number of carbonyl (C=O) groups is 3. The first-order valence-corrected chi connectivity index (χ1v) is 33.4. The van der Waals surface area contributed by atoms with E-state index in [4.69, 9.17) is 14.2 Å².